The largest absolute Gasteiger partial charge is 0.508 e. The van der Waals surface area contributed by atoms with Gasteiger partial charge >= 0.3 is 11.9 Å². The minimum atomic E-state index is -1.13. The molecule has 0 aromatic heterocycles. The second kappa shape index (κ2) is 14.6. The van der Waals surface area contributed by atoms with Crippen molar-refractivity contribution in [2.45, 2.75) is 39.0 Å². The van der Waals surface area contributed by atoms with E-state index in [1.165, 1.54) is 48.5 Å². The number of ketones is 2. The maximum atomic E-state index is 14.1. The Morgan fingerprint density at radius 3 is 1.73 bits per heavy atom. The third-order valence-corrected chi connectivity index (χ3v) is 6.91. The first-order valence-electron chi connectivity index (χ1n) is 14.2. The van der Waals surface area contributed by atoms with Gasteiger partial charge in [-0.3, -0.25) is 9.59 Å². The highest BCUT2D eigenvalue weighted by Crippen LogP contribution is 2.46. The third kappa shape index (κ3) is 7.12. The van der Waals surface area contributed by atoms with Gasteiger partial charge in [0.25, 0.3) is 0 Å². The maximum Gasteiger partial charge on any atom is 0.343 e. The van der Waals surface area contributed by atoms with E-state index >= 15 is 0 Å². The molecule has 4 rings (SSSR count). The molecule has 0 aliphatic rings. The van der Waals surface area contributed by atoms with Gasteiger partial charge in [-0.05, 0) is 42.8 Å². The molecule has 226 valence electrons. The topological polar surface area (TPSA) is 147 Å². The van der Waals surface area contributed by atoms with Gasteiger partial charge in [0.2, 0.25) is 5.75 Å². The lowest BCUT2D eigenvalue weighted by Crippen LogP contribution is -2.22. The molecule has 0 radical (unpaired) electrons. The lowest BCUT2D eigenvalue weighted by Gasteiger charge is -2.20. The molecule has 9 heteroatoms. The van der Waals surface area contributed by atoms with Crippen molar-refractivity contribution in [3.8, 4) is 23.0 Å². The summed E-state index contributed by atoms with van der Waals surface area (Å²) in [6.07, 6.45) is 4.24. The van der Waals surface area contributed by atoms with Crippen molar-refractivity contribution in [3.63, 3.8) is 0 Å². The fraction of sp³-hybridized carbons (Fsp3) is 0.200. The second-order valence-electron chi connectivity index (χ2n) is 10.0. The number of esters is 2. The molecule has 0 fully saturated rings. The Morgan fingerprint density at radius 1 is 0.568 bits per heavy atom. The summed E-state index contributed by atoms with van der Waals surface area (Å²) in [6, 6.07) is 20.3. The van der Waals surface area contributed by atoms with Crippen LogP contribution in [0.2, 0.25) is 0 Å². The number of hydrogen-bond acceptors (Lipinski definition) is 9. The number of hydrogen-bond donors (Lipinski definition) is 3. The van der Waals surface area contributed by atoms with Gasteiger partial charge in [-0.2, -0.15) is 0 Å². The molecule has 9 nitrogen and oxygen atoms in total. The number of rotatable bonds is 13. The molecule has 0 spiro atoms. The molecule has 4 aromatic carbocycles. The third-order valence-electron chi connectivity index (χ3n) is 6.91. The molecule has 0 atom stereocenters. The molecule has 0 amide bonds. The van der Waals surface area contributed by atoms with Crippen LogP contribution in [0.25, 0.3) is 0 Å². The van der Waals surface area contributed by atoms with Crippen LogP contribution in [0.5, 0.6) is 23.0 Å². The molecule has 0 heterocycles. The van der Waals surface area contributed by atoms with E-state index in [1.807, 2.05) is 0 Å². The fourth-order valence-corrected chi connectivity index (χ4v) is 4.60. The Balaban J connectivity index is 1.94. The van der Waals surface area contributed by atoms with E-state index < -0.39 is 57.4 Å². The lowest BCUT2D eigenvalue weighted by molar-refractivity contribution is 0.0489. The molecular formula is C35H32O9. The predicted octanol–water partition coefficient (Wildman–Crippen LogP) is 6.61. The Bertz CT molecular complexity index is 1640. The van der Waals surface area contributed by atoms with Crippen LogP contribution >= 0.6 is 0 Å². The number of aromatic hydroxyl groups is 3. The van der Waals surface area contributed by atoms with E-state index in [0.29, 0.717) is 6.42 Å². The number of unbranched alkanes of at least 4 members (excludes halogenated alkanes) is 4. The van der Waals surface area contributed by atoms with Crippen molar-refractivity contribution in [1.82, 2.24) is 0 Å². The Labute approximate surface area is 254 Å². The first-order chi connectivity index (χ1) is 21.2. The van der Waals surface area contributed by atoms with Crippen LogP contribution in [0, 0.1) is 0 Å². The van der Waals surface area contributed by atoms with Gasteiger partial charge in [0.15, 0.2) is 23.1 Å². The standard InChI is InChI=1S/C35H32O9/c1-2-3-4-5-12-21-43-35(42)26-27(29(37)22-13-8-6-9-14-22)31(39)32(40)33(44-34(41)24-15-10-7-11-16-24)28(26)30(38)23-17-19-25(36)20-18-23/h6-11,13-20,36,39-40H,2-5,12,21H2,1H3. The first-order valence-corrected chi connectivity index (χ1v) is 14.2. The normalized spacial score (nSPS) is 10.7. The molecule has 3 N–H and O–H groups in total. The van der Waals surface area contributed by atoms with E-state index in [4.69, 9.17) is 9.47 Å². The Morgan fingerprint density at radius 2 is 1.11 bits per heavy atom. The summed E-state index contributed by atoms with van der Waals surface area (Å²) in [5.74, 6) is -7.07. The minimum Gasteiger partial charge on any atom is -0.508 e. The molecule has 44 heavy (non-hydrogen) atoms. The van der Waals surface area contributed by atoms with Crippen molar-refractivity contribution in [2.24, 2.45) is 0 Å². The summed E-state index contributed by atoms with van der Waals surface area (Å²) >= 11 is 0. The van der Waals surface area contributed by atoms with Gasteiger partial charge < -0.3 is 24.8 Å². The van der Waals surface area contributed by atoms with Crippen LogP contribution in [0.3, 0.4) is 0 Å². The molecule has 0 bridgehead atoms. The summed E-state index contributed by atoms with van der Waals surface area (Å²) in [4.78, 5) is 54.7. The summed E-state index contributed by atoms with van der Waals surface area (Å²) in [5.41, 5.74) is -1.99. The van der Waals surface area contributed by atoms with Crippen molar-refractivity contribution < 1.29 is 44.0 Å². The average Bonchev–Trinajstić information content (AvgIpc) is 3.05. The van der Waals surface area contributed by atoms with Gasteiger partial charge in [-0.15, -0.1) is 0 Å². The Hall–Kier alpha value is -5.44. The smallest absolute Gasteiger partial charge is 0.343 e. The number of phenolic OH excluding ortho intramolecular Hbond substituents is 3. The van der Waals surface area contributed by atoms with Crippen LogP contribution in [0.15, 0.2) is 84.9 Å². The average molecular weight is 597 g/mol. The van der Waals surface area contributed by atoms with Gasteiger partial charge in [0.1, 0.15) is 5.75 Å². The highest BCUT2D eigenvalue weighted by Gasteiger charge is 2.37. The van der Waals surface area contributed by atoms with Gasteiger partial charge in [0, 0.05) is 11.1 Å². The first kappa shape index (κ1) is 31.5. The molecule has 0 saturated heterocycles. The summed E-state index contributed by atoms with van der Waals surface area (Å²) < 4.78 is 11.0. The summed E-state index contributed by atoms with van der Waals surface area (Å²) in [7, 11) is 0. The lowest BCUT2D eigenvalue weighted by atomic mass is 9.88. The van der Waals surface area contributed by atoms with E-state index in [9.17, 15) is 34.5 Å². The van der Waals surface area contributed by atoms with E-state index in [0.717, 1.165) is 25.7 Å². The zero-order valence-electron chi connectivity index (χ0n) is 24.1. The second-order valence-corrected chi connectivity index (χ2v) is 10.0. The van der Waals surface area contributed by atoms with E-state index in [1.54, 1.807) is 36.4 Å². The SMILES string of the molecule is CCCCCCCOC(=O)c1c(C(=O)c2ccccc2)c(O)c(O)c(OC(=O)c2ccccc2)c1C(=O)c1ccc(O)cc1. The van der Waals surface area contributed by atoms with Crippen LogP contribution in [0.4, 0.5) is 0 Å². The zero-order valence-corrected chi connectivity index (χ0v) is 24.1. The monoisotopic (exact) mass is 596 g/mol. The van der Waals surface area contributed by atoms with E-state index in [-0.39, 0.29) is 29.0 Å². The molecule has 0 saturated carbocycles. The van der Waals surface area contributed by atoms with Crippen LogP contribution < -0.4 is 4.74 Å². The number of ether oxygens (including phenoxy) is 2. The highest BCUT2D eigenvalue weighted by molar-refractivity contribution is 6.24. The van der Waals surface area contributed by atoms with Crippen molar-refractivity contribution in [3.05, 3.63) is 118 Å². The van der Waals surface area contributed by atoms with Crippen LogP contribution in [-0.2, 0) is 4.74 Å². The zero-order chi connectivity index (χ0) is 31.6. The van der Waals surface area contributed by atoms with E-state index in [2.05, 4.69) is 6.92 Å². The minimum absolute atomic E-state index is 0.0465. The molecule has 4 aromatic rings. The number of carbonyl (C=O) groups excluding carboxylic acids is 4. The highest BCUT2D eigenvalue weighted by atomic mass is 16.5. The van der Waals surface area contributed by atoms with Gasteiger partial charge in [-0.25, -0.2) is 9.59 Å². The molecule has 0 aliphatic heterocycles. The molecule has 0 aliphatic carbocycles. The summed E-state index contributed by atoms with van der Waals surface area (Å²) in [6.45, 7) is 2.02. The predicted molar refractivity (Wildman–Crippen MR) is 162 cm³/mol. The number of phenols is 3. The maximum absolute atomic E-state index is 14.1. The summed E-state index contributed by atoms with van der Waals surface area (Å²) in [5, 5.41) is 32.1. The number of carbonyl (C=O) groups is 4. The van der Waals surface area contributed by atoms with Crippen molar-refractivity contribution in [1.29, 1.82) is 0 Å². The van der Waals surface area contributed by atoms with Gasteiger partial charge in [0.05, 0.1) is 28.9 Å². The van der Waals surface area contributed by atoms with Crippen molar-refractivity contribution >= 4 is 23.5 Å². The van der Waals surface area contributed by atoms with Gasteiger partial charge in [-0.1, -0.05) is 81.1 Å². The molecular weight excluding hydrogens is 564 g/mol. The van der Waals surface area contributed by atoms with Crippen LogP contribution in [0.1, 0.15) is 91.6 Å². The molecule has 0 unspecified atom stereocenters. The quantitative estimate of drug-likeness (QED) is 0.0510. The Kier molecular flexibility index (Phi) is 10.5. The number of benzene rings is 4. The van der Waals surface area contributed by atoms with Crippen LogP contribution in [-0.4, -0.2) is 45.4 Å². The van der Waals surface area contributed by atoms with Crippen molar-refractivity contribution in [2.75, 3.05) is 6.61 Å². The fourth-order valence-electron chi connectivity index (χ4n) is 4.60.